The molecule has 3 rings (SSSR count). The van der Waals surface area contributed by atoms with Gasteiger partial charge in [0.2, 0.25) is 0 Å². The summed E-state index contributed by atoms with van der Waals surface area (Å²) in [5, 5.41) is 2.20. The minimum Gasteiger partial charge on any atom is -0.406 e. The van der Waals surface area contributed by atoms with E-state index in [4.69, 9.17) is 4.74 Å². The lowest BCUT2D eigenvalue weighted by Gasteiger charge is -2.41. The minimum absolute atomic E-state index is 0.0902. The Morgan fingerprint density at radius 3 is 2.57 bits per heavy atom. The van der Waals surface area contributed by atoms with Gasteiger partial charge in [0.05, 0.1) is 6.04 Å². The highest BCUT2D eigenvalue weighted by Crippen LogP contribution is 2.43. The number of rotatable bonds is 7. The van der Waals surface area contributed by atoms with E-state index in [0.29, 0.717) is 11.8 Å². The molecule has 2 atom stereocenters. The molecule has 2 unspecified atom stereocenters. The fourth-order valence-corrected chi connectivity index (χ4v) is 5.49. The second-order valence-electron chi connectivity index (χ2n) is 8.36. The van der Waals surface area contributed by atoms with Crippen LogP contribution in [0, 0.1) is 11.8 Å². The summed E-state index contributed by atoms with van der Waals surface area (Å²) in [6, 6.07) is 6.23. The van der Waals surface area contributed by atoms with E-state index < -0.39 is 6.36 Å². The maximum atomic E-state index is 12.7. The Morgan fingerprint density at radius 1 is 1.23 bits per heavy atom. The van der Waals surface area contributed by atoms with Crippen LogP contribution < -0.4 is 4.74 Å². The predicted molar refractivity (Wildman–Crippen MR) is 114 cm³/mol. The van der Waals surface area contributed by atoms with Crippen molar-refractivity contribution in [3.8, 4) is 5.75 Å². The minimum atomic E-state index is -4.69. The number of ether oxygens (including phenoxy) is 2. The van der Waals surface area contributed by atoms with Gasteiger partial charge in [0.25, 0.3) is 0 Å². The molecule has 1 fully saturated rings. The fourth-order valence-electron chi connectivity index (χ4n) is 4.11. The third-order valence-corrected chi connectivity index (χ3v) is 6.90. The molecule has 0 aromatic heterocycles. The van der Waals surface area contributed by atoms with E-state index in [9.17, 15) is 13.2 Å². The van der Waals surface area contributed by atoms with Gasteiger partial charge >= 0.3 is 6.36 Å². The average Bonchev–Trinajstić information content (AvgIpc) is 3.12. The number of benzene rings is 1. The summed E-state index contributed by atoms with van der Waals surface area (Å²) in [5.74, 6) is 0.741. The van der Waals surface area contributed by atoms with Crippen LogP contribution in [0.4, 0.5) is 13.2 Å². The van der Waals surface area contributed by atoms with Crippen LogP contribution in [0.3, 0.4) is 0 Å². The Kier molecular flexibility index (Phi) is 7.63. The molecule has 0 aliphatic carbocycles. The van der Waals surface area contributed by atoms with E-state index in [2.05, 4.69) is 40.8 Å². The molecule has 1 aromatic rings. The molecule has 1 aromatic carbocycles. The van der Waals surface area contributed by atoms with Crippen molar-refractivity contribution < 1.29 is 22.6 Å². The SMILES string of the molecule is CC(C)C1=CSC(N(C)CC2CCOCC2)N1C(C)c1cccc(OC(F)(F)F)c1. The predicted octanol–water partition coefficient (Wildman–Crippen LogP) is 5.83. The van der Waals surface area contributed by atoms with Crippen LogP contribution in [-0.2, 0) is 4.74 Å². The Bertz CT molecular complexity index is 735. The highest BCUT2D eigenvalue weighted by Gasteiger charge is 2.36. The first kappa shape index (κ1) is 23.3. The second-order valence-corrected chi connectivity index (χ2v) is 9.29. The molecule has 168 valence electrons. The fraction of sp³-hybridized carbons (Fsp3) is 0.636. The van der Waals surface area contributed by atoms with Gasteiger partial charge in [0.1, 0.15) is 11.2 Å². The monoisotopic (exact) mass is 444 g/mol. The van der Waals surface area contributed by atoms with Gasteiger partial charge in [-0.25, -0.2) is 0 Å². The lowest BCUT2D eigenvalue weighted by Crippen LogP contribution is -2.45. The quantitative estimate of drug-likeness (QED) is 0.527. The lowest BCUT2D eigenvalue weighted by atomic mass is 10.00. The number of hydrogen-bond acceptors (Lipinski definition) is 5. The smallest absolute Gasteiger partial charge is 0.406 e. The van der Waals surface area contributed by atoms with E-state index in [-0.39, 0.29) is 17.3 Å². The van der Waals surface area contributed by atoms with Gasteiger partial charge in [-0.3, -0.25) is 4.90 Å². The highest BCUT2D eigenvalue weighted by atomic mass is 32.2. The third kappa shape index (κ3) is 5.86. The molecule has 0 spiro atoms. The van der Waals surface area contributed by atoms with Gasteiger partial charge in [0.15, 0.2) is 0 Å². The maximum absolute atomic E-state index is 12.7. The summed E-state index contributed by atoms with van der Waals surface area (Å²) in [4.78, 5) is 4.69. The van der Waals surface area contributed by atoms with Crippen LogP contribution in [0.5, 0.6) is 5.75 Å². The van der Waals surface area contributed by atoms with Crippen molar-refractivity contribution in [1.29, 1.82) is 0 Å². The molecule has 0 saturated carbocycles. The van der Waals surface area contributed by atoms with E-state index in [1.807, 2.05) is 13.0 Å². The highest BCUT2D eigenvalue weighted by molar-refractivity contribution is 8.02. The summed E-state index contributed by atoms with van der Waals surface area (Å²) < 4.78 is 47.6. The van der Waals surface area contributed by atoms with E-state index in [1.165, 1.54) is 17.8 Å². The topological polar surface area (TPSA) is 24.9 Å². The molecular formula is C22H31F3N2O2S. The standard InChI is InChI=1S/C22H31F3N2O2S/c1-15(2)20-14-30-21(26(4)13-17-8-10-28-11-9-17)27(20)16(3)18-6-5-7-19(12-18)29-22(23,24)25/h5-7,12,14-17,21H,8-11,13H2,1-4H3. The van der Waals surface area contributed by atoms with Gasteiger partial charge in [-0.2, -0.15) is 0 Å². The van der Waals surface area contributed by atoms with Crippen LogP contribution in [0.1, 0.15) is 45.2 Å². The second kappa shape index (κ2) is 9.83. The van der Waals surface area contributed by atoms with Crippen LogP contribution >= 0.6 is 11.8 Å². The molecule has 0 radical (unpaired) electrons. The first-order valence-corrected chi connectivity index (χ1v) is 11.4. The normalized spacial score (nSPS) is 22.0. The Hall–Kier alpha value is -1.38. The van der Waals surface area contributed by atoms with Gasteiger partial charge in [-0.15, -0.1) is 13.2 Å². The summed E-state index contributed by atoms with van der Waals surface area (Å²) in [5.41, 5.74) is 2.11. The van der Waals surface area contributed by atoms with Crippen molar-refractivity contribution >= 4 is 11.8 Å². The number of thioether (sulfide) groups is 1. The zero-order valence-corrected chi connectivity index (χ0v) is 18.8. The zero-order chi connectivity index (χ0) is 21.9. The Balaban J connectivity index is 1.79. The number of alkyl halides is 3. The van der Waals surface area contributed by atoms with Crippen LogP contribution in [0.2, 0.25) is 0 Å². The van der Waals surface area contributed by atoms with Crippen molar-refractivity contribution in [2.24, 2.45) is 11.8 Å². The molecule has 2 aliphatic rings. The summed E-state index contributed by atoms with van der Waals surface area (Å²) in [7, 11) is 2.13. The molecule has 8 heteroatoms. The van der Waals surface area contributed by atoms with E-state index in [1.54, 1.807) is 17.8 Å². The van der Waals surface area contributed by atoms with Crippen molar-refractivity contribution in [1.82, 2.24) is 9.80 Å². The first-order chi connectivity index (χ1) is 14.2. The molecule has 0 N–H and O–H groups in total. The van der Waals surface area contributed by atoms with Crippen LogP contribution in [0.25, 0.3) is 0 Å². The molecule has 4 nitrogen and oxygen atoms in total. The molecule has 30 heavy (non-hydrogen) atoms. The van der Waals surface area contributed by atoms with E-state index in [0.717, 1.165) is 38.2 Å². The summed E-state index contributed by atoms with van der Waals surface area (Å²) >= 11 is 1.77. The summed E-state index contributed by atoms with van der Waals surface area (Å²) in [6.45, 7) is 8.95. The van der Waals surface area contributed by atoms with Gasteiger partial charge in [-0.1, -0.05) is 37.7 Å². The molecule has 1 saturated heterocycles. The number of nitrogens with zero attached hydrogens (tertiary/aromatic N) is 2. The van der Waals surface area contributed by atoms with Crippen molar-refractivity contribution in [3.63, 3.8) is 0 Å². The molecule has 0 bridgehead atoms. The Labute approximate surface area is 181 Å². The van der Waals surface area contributed by atoms with Gasteiger partial charge < -0.3 is 14.4 Å². The molecular weight excluding hydrogens is 413 g/mol. The molecule has 0 amide bonds. The van der Waals surface area contributed by atoms with Gasteiger partial charge in [-0.05, 0) is 61.8 Å². The lowest BCUT2D eigenvalue weighted by molar-refractivity contribution is -0.274. The van der Waals surface area contributed by atoms with Crippen molar-refractivity contribution in [2.45, 2.75) is 51.5 Å². The maximum Gasteiger partial charge on any atom is 0.573 e. The number of allylic oxidation sites excluding steroid dienone is 1. The van der Waals surface area contributed by atoms with E-state index >= 15 is 0 Å². The van der Waals surface area contributed by atoms with Crippen LogP contribution in [0.15, 0.2) is 35.4 Å². The van der Waals surface area contributed by atoms with Crippen LogP contribution in [-0.4, -0.2) is 48.5 Å². The van der Waals surface area contributed by atoms with Gasteiger partial charge in [0, 0.05) is 25.5 Å². The Morgan fingerprint density at radius 2 is 1.93 bits per heavy atom. The number of hydrogen-bond donors (Lipinski definition) is 0. The van der Waals surface area contributed by atoms with Crippen molar-refractivity contribution in [2.75, 3.05) is 26.8 Å². The first-order valence-electron chi connectivity index (χ1n) is 10.4. The third-order valence-electron chi connectivity index (χ3n) is 5.69. The average molecular weight is 445 g/mol. The molecule has 2 aliphatic heterocycles. The zero-order valence-electron chi connectivity index (χ0n) is 18.0. The van der Waals surface area contributed by atoms with Crippen molar-refractivity contribution in [3.05, 3.63) is 40.9 Å². The molecule has 2 heterocycles. The largest absolute Gasteiger partial charge is 0.573 e. The summed E-state index contributed by atoms with van der Waals surface area (Å²) in [6.07, 6.45) is -2.56. The number of halogens is 3.